The van der Waals surface area contributed by atoms with Gasteiger partial charge in [0.15, 0.2) is 11.5 Å². The summed E-state index contributed by atoms with van der Waals surface area (Å²) in [4.78, 5) is 26.4. The summed E-state index contributed by atoms with van der Waals surface area (Å²) in [7, 11) is -1.36. The first kappa shape index (κ1) is 29.2. The van der Waals surface area contributed by atoms with Crippen LogP contribution in [0.1, 0.15) is 28.9 Å². The molecule has 0 bridgehead atoms. The highest BCUT2D eigenvalue weighted by Crippen LogP contribution is 2.32. The second kappa shape index (κ2) is 13.0. The number of sulfonamides is 1. The van der Waals surface area contributed by atoms with Gasteiger partial charge < -0.3 is 20.1 Å². The zero-order valence-electron chi connectivity index (χ0n) is 22.9. The van der Waals surface area contributed by atoms with E-state index >= 15 is 0 Å². The number of amides is 2. The maximum Gasteiger partial charge on any atom is 0.264 e. The van der Waals surface area contributed by atoms with Gasteiger partial charge in [0.2, 0.25) is 5.91 Å². The summed E-state index contributed by atoms with van der Waals surface area (Å²) < 4.78 is 39.1. The summed E-state index contributed by atoms with van der Waals surface area (Å²) in [6, 6.07) is 28.3. The molecular weight excluding hydrogens is 542 g/mol. The van der Waals surface area contributed by atoms with E-state index in [-0.39, 0.29) is 33.8 Å². The zero-order chi connectivity index (χ0) is 29.4. The number of nitrogens with one attached hydrogen (secondary N) is 2. The molecule has 2 N–H and O–H groups in total. The predicted octanol–water partition coefficient (Wildman–Crippen LogP) is 5.03. The van der Waals surface area contributed by atoms with Crippen molar-refractivity contribution < 1.29 is 27.5 Å². The Kier molecular flexibility index (Phi) is 9.26. The van der Waals surface area contributed by atoms with Crippen molar-refractivity contribution >= 4 is 33.2 Å². The molecule has 4 aromatic carbocycles. The van der Waals surface area contributed by atoms with Crippen LogP contribution in [0.4, 0.5) is 11.4 Å². The van der Waals surface area contributed by atoms with Crippen molar-refractivity contribution in [2.24, 2.45) is 0 Å². The lowest BCUT2D eigenvalue weighted by atomic mass is 10.1. The summed E-state index contributed by atoms with van der Waals surface area (Å²) in [5, 5.41) is 5.66. The number of methoxy groups -OCH3 is 2. The topological polar surface area (TPSA) is 114 Å². The second-order valence-corrected chi connectivity index (χ2v) is 10.9. The van der Waals surface area contributed by atoms with E-state index in [1.54, 1.807) is 54.6 Å². The normalized spacial score (nSPS) is 11.7. The smallest absolute Gasteiger partial charge is 0.264 e. The molecule has 0 heterocycles. The van der Waals surface area contributed by atoms with Crippen LogP contribution < -0.4 is 24.4 Å². The number of carbonyl (C=O) groups is 2. The molecule has 0 aliphatic heterocycles. The number of rotatable bonds is 11. The Bertz CT molecular complexity index is 1610. The number of para-hydroxylation sites is 2. The molecule has 0 spiro atoms. The fourth-order valence-electron chi connectivity index (χ4n) is 4.22. The summed E-state index contributed by atoms with van der Waals surface area (Å²) in [6.45, 7) is 1.32. The average Bonchev–Trinajstić information content (AvgIpc) is 3.00. The molecule has 0 saturated carbocycles. The molecule has 4 rings (SSSR count). The van der Waals surface area contributed by atoms with Gasteiger partial charge in [-0.2, -0.15) is 0 Å². The average molecular weight is 574 g/mol. The van der Waals surface area contributed by atoms with Gasteiger partial charge >= 0.3 is 0 Å². The van der Waals surface area contributed by atoms with E-state index in [4.69, 9.17) is 9.47 Å². The van der Waals surface area contributed by atoms with Gasteiger partial charge in [-0.25, -0.2) is 8.42 Å². The van der Waals surface area contributed by atoms with Crippen LogP contribution >= 0.6 is 0 Å². The number of ether oxygens (including phenoxy) is 2. The highest BCUT2D eigenvalue weighted by molar-refractivity contribution is 7.92. The van der Waals surface area contributed by atoms with E-state index < -0.39 is 22.5 Å². The van der Waals surface area contributed by atoms with Crippen LogP contribution in [0.25, 0.3) is 0 Å². The van der Waals surface area contributed by atoms with Gasteiger partial charge in [-0.15, -0.1) is 0 Å². The number of carbonyl (C=O) groups excluding carboxylic acids is 2. The van der Waals surface area contributed by atoms with Gasteiger partial charge in [0.25, 0.3) is 15.9 Å². The lowest BCUT2D eigenvalue weighted by molar-refractivity contribution is -0.114. The number of benzene rings is 4. The zero-order valence-corrected chi connectivity index (χ0v) is 23.7. The molecule has 0 aromatic heterocycles. The van der Waals surface area contributed by atoms with Crippen LogP contribution in [-0.2, 0) is 14.8 Å². The number of nitrogens with zero attached hydrogens (tertiary/aromatic N) is 1. The van der Waals surface area contributed by atoms with E-state index in [0.29, 0.717) is 11.4 Å². The Hall–Kier alpha value is -4.83. The lowest BCUT2D eigenvalue weighted by Crippen LogP contribution is -2.38. The summed E-state index contributed by atoms with van der Waals surface area (Å²) in [5.41, 5.74) is 1.73. The first-order valence-electron chi connectivity index (χ1n) is 12.8. The van der Waals surface area contributed by atoms with Gasteiger partial charge in [0, 0.05) is 6.07 Å². The van der Waals surface area contributed by atoms with E-state index in [0.717, 1.165) is 9.87 Å². The summed E-state index contributed by atoms with van der Waals surface area (Å²) in [6.07, 6.45) is 0. The Morgan fingerprint density at radius 3 is 2.07 bits per heavy atom. The fraction of sp³-hybridized carbons (Fsp3) is 0.161. The Morgan fingerprint density at radius 2 is 1.41 bits per heavy atom. The molecule has 2 amide bonds. The summed E-state index contributed by atoms with van der Waals surface area (Å²) in [5.74, 6) is -0.410. The predicted molar refractivity (Wildman–Crippen MR) is 158 cm³/mol. The van der Waals surface area contributed by atoms with E-state index in [9.17, 15) is 18.0 Å². The molecular formula is C31H31N3O6S. The Morgan fingerprint density at radius 1 is 0.805 bits per heavy atom. The molecule has 212 valence electrons. The van der Waals surface area contributed by atoms with Gasteiger partial charge in [0.1, 0.15) is 6.54 Å². The largest absolute Gasteiger partial charge is 0.493 e. The third-order valence-corrected chi connectivity index (χ3v) is 8.14. The monoisotopic (exact) mass is 573 g/mol. The van der Waals surface area contributed by atoms with Gasteiger partial charge in [-0.1, -0.05) is 60.7 Å². The molecule has 0 fully saturated rings. The fourth-order valence-corrected chi connectivity index (χ4v) is 5.66. The quantitative estimate of drug-likeness (QED) is 0.260. The summed E-state index contributed by atoms with van der Waals surface area (Å²) >= 11 is 0. The Labute approximate surface area is 239 Å². The molecule has 9 nitrogen and oxygen atoms in total. The molecule has 4 aromatic rings. The SMILES string of the molecule is COc1ccc(S(=O)(=O)N(CC(=O)Nc2ccccc2C(=O)N[C@@H](C)c2ccccc2)c2ccccc2)cc1OC. The third kappa shape index (κ3) is 6.85. The van der Waals surface area contributed by atoms with E-state index in [1.807, 2.05) is 37.3 Å². The second-order valence-electron chi connectivity index (χ2n) is 9.06. The first-order valence-corrected chi connectivity index (χ1v) is 14.2. The lowest BCUT2D eigenvalue weighted by Gasteiger charge is -2.25. The Balaban J connectivity index is 1.59. The van der Waals surface area contributed by atoms with Crippen LogP contribution in [0.2, 0.25) is 0 Å². The molecule has 1 atom stereocenters. The van der Waals surface area contributed by atoms with Crippen molar-refractivity contribution in [2.75, 3.05) is 30.4 Å². The van der Waals surface area contributed by atoms with Gasteiger partial charge in [0.05, 0.1) is 42.1 Å². The van der Waals surface area contributed by atoms with E-state index in [1.165, 1.54) is 32.4 Å². The number of anilines is 2. The molecule has 10 heteroatoms. The maximum atomic E-state index is 13.8. The minimum Gasteiger partial charge on any atom is -0.493 e. The molecule has 0 unspecified atom stereocenters. The maximum absolute atomic E-state index is 13.8. The van der Waals surface area contributed by atoms with Gasteiger partial charge in [-0.05, 0) is 48.9 Å². The molecule has 0 radical (unpaired) electrons. The van der Waals surface area contributed by atoms with Gasteiger partial charge in [-0.3, -0.25) is 13.9 Å². The minimum atomic E-state index is -4.21. The van der Waals surface area contributed by atoms with Crippen molar-refractivity contribution in [3.8, 4) is 11.5 Å². The highest BCUT2D eigenvalue weighted by Gasteiger charge is 2.29. The van der Waals surface area contributed by atoms with Crippen molar-refractivity contribution in [3.05, 3.63) is 114 Å². The van der Waals surface area contributed by atoms with Crippen molar-refractivity contribution in [1.82, 2.24) is 5.32 Å². The van der Waals surface area contributed by atoms with Crippen LogP contribution in [0.5, 0.6) is 11.5 Å². The van der Waals surface area contributed by atoms with E-state index in [2.05, 4.69) is 10.6 Å². The number of hydrogen-bond acceptors (Lipinski definition) is 6. The number of hydrogen-bond donors (Lipinski definition) is 2. The van der Waals surface area contributed by atoms with Crippen LogP contribution in [0, 0.1) is 0 Å². The van der Waals surface area contributed by atoms with Crippen molar-refractivity contribution in [1.29, 1.82) is 0 Å². The molecule has 0 aliphatic rings. The standard InChI is InChI=1S/C31H31N3O6S/c1-22(23-12-6-4-7-13-23)32-31(36)26-16-10-11-17-27(26)33-30(35)21-34(24-14-8-5-9-15-24)41(37,38)25-18-19-28(39-2)29(20-25)40-3/h4-20,22H,21H2,1-3H3,(H,32,36)(H,33,35)/t22-/m0/s1. The molecule has 0 aliphatic carbocycles. The minimum absolute atomic E-state index is 0.0820. The first-order chi connectivity index (χ1) is 19.7. The highest BCUT2D eigenvalue weighted by atomic mass is 32.2. The van der Waals surface area contributed by atoms with Crippen LogP contribution in [0.15, 0.2) is 108 Å². The van der Waals surface area contributed by atoms with Crippen molar-refractivity contribution in [3.63, 3.8) is 0 Å². The third-order valence-electron chi connectivity index (χ3n) is 6.37. The van der Waals surface area contributed by atoms with Crippen LogP contribution in [-0.4, -0.2) is 41.0 Å². The molecule has 0 saturated heterocycles. The van der Waals surface area contributed by atoms with Crippen LogP contribution in [0.3, 0.4) is 0 Å². The molecule has 41 heavy (non-hydrogen) atoms. The van der Waals surface area contributed by atoms with Crippen molar-refractivity contribution in [2.45, 2.75) is 17.9 Å².